The van der Waals surface area contributed by atoms with Crippen molar-refractivity contribution in [3.05, 3.63) is 24.0 Å². The van der Waals surface area contributed by atoms with Crippen LogP contribution in [0.25, 0.3) is 10.9 Å². The Kier molecular flexibility index (Phi) is 2.44. The molecular formula is C11H10N2O3. The van der Waals surface area contributed by atoms with Crippen LogP contribution in [0.15, 0.2) is 18.3 Å². The van der Waals surface area contributed by atoms with E-state index in [1.165, 1.54) is 20.2 Å². The molecule has 1 N–H and O–H groups in total. The van der Waals surface area contributed by atoms with Gasteiger partial charge >= 0.3 is 0 Å². The second kappa shape index (κ2) is 3.77. The van der Waals surface area contributed by atoms with Gasteiger partial charge in [-0.25, -0.2) is 4.98 Å². The van der Waals surface area contributed by atoms with Gasteiger partial charge in [-0.1, -0.05) is 0 Å². The lowest BCUT2D eigenvalue weighted by atomic mass is 10.2. The summed E-state index contributed by atoms with van der Waals surface area (Å²) in [5, 5.41) is 10.4. The van der Waals surface area contributed by atoms with E-state index in [0.717, 1.165) is 0 Å². The van der Waals surface area contributed by atoms with Crippen molar-refractivity contribution in [1.82, 2.24) is 9.97 Å². The number of hydrogen-bond acceptors (Lipinski definition) is 5. The Hall–Kier alpha value is -2.17. The van der Waals surface area contributed by atoms with Crippen LogP contribution >= 0.6 is 0 Å². The van der Waals surface area contributed by atoms with Gasteiger partial charge in [0.2, 0.25) is 5.88 Å². The fourth-order valence-electron chi connectivity index (χ4n) is 1.49. The number of aromatic hydroxyl groups is 1. The average Bonchev–Trinajstić information content (AvgIpc) is 2.29. The van der Waals surface area contributed by atoms with E-state index in [2.05, 4.69) is 9.97 Å². The number of ketones is 1. The van der Waals surface area contributed by atoms with E-state index in [-0.39, 0.29) is 23.1 Å². The van der Waals surface area contributed by atoms with Crippen molar-refractivity contribution >= 4 is 16.7 Å². The third kappa shape index (κ3) is 1.46. The van der Waals surface area contributed by atoms with Crippen LogP contribution < -0.4 is 4.74 Å². The van der Waals surface area contributed by atoms with Crippen molar-refractivity contribution in [1.29, 1.82) is 0 Å². The Morgan fingerprint density at radius 2 is 2.25 bits per heavy atom. The summed E-state index contributed by atoms with van der Waals surface area (Å²) in [6.45, 7) is 1.33. The second-order valence-corrected chi connectivity index (χ2v) is 3.27. The van der Waals surface area contributed by atoms with E-state index in [9.17, 15) is 9.90 Å². The molecule has 0 saturated heterocycles. The second-order valence-electron chi connectivity index (χ2n) is 3.27. The molecule has 5 nitrogen and oxygen atoms in total. The number of carbonyl (C=O) groups is 1. The molecule has 2 aromatic rings. The SMILES string of the molecule is COc1nc(C(C)=O)c(O)c2ncccc12. The number of methoxy groups -OCH3 is 1. The largest absolute Gasteiger partial charge is 0.504 e. The molecule has 0 saturated carbocycles. The Bertz CT molecular complexity index is 566. The molecule has 0 spiro atoms. The number of fused-ring (bicyclic) bond motifs is 1. The van der Waals surface area contributed by atoms with Crippen LogP contribution in [0.4, 0.5) is 0 Å². The molecule has 0 unspecified atom stereocenters. The first kappa shape index (κ1) is 10.4. The normalized spacial score (nSPS) is 10.4. The minimum atomic E-state index is -0.330. The van der Waals surface area contributed by atoms with Gasteiger partial charge in [-0.05, 0) is 12.1 Å². The number of rotatable bonds is 2. The Labute approximate surface area is 91.7 Å². The zero-order valence-corrected chi connectivity index (χ0v) is 8.89. The van der Waals surface area contributed by atoms with Crippen LogP contribution in [0.5, 0.6) is 11.6 Å². The number of hydrogen-bond donors (Lipinski definition) is 1. The minimum absolute atomic E-state index is 0.0250. The summed E-state index contributed by atoms with van der Waals surface area (Å²) in [4.78, 5) is 19.2. The van der Waals surface area contributed by atoms with Crippen molar-refractivity contribution in [3.63, 3.8) is 0 Å². The number of Topliss-reactive ketones (excluding diaryl/α,β-unsaturated/α-hetero) is 1. The monoisotopic (exact) mass is 218 g/mol. The van der Waals surface area contributed by atoms with Gasteiger partial charge in [-0.15, -0.1) is 0 Å². The molecule has 0 bridgehead atoms. The molecule has 82 valence electrons. The summed E-state index contributed by atoms with van der Waals surface area (Å²) in [6, 6.07) is 3.43. The molecule has 0 aromatic carbocycles. The van der Waals surface area contributed by atoms with Crippen LogP contribution in [0.1, 0.15) is 17.4 Å². The number of ether oxygens (including phenoxy) is 1. The molecule has 0 amide bonds. The first-order valence-electron chi connectivity index (χ1n) is 4.67. The summed E-state index contributed by atoms with van der Waals surface area (Å²) in [7, 11) is 1.45. The lowest BCUT2D eigenvalue weighted by molar-refractivity contribution is 0.100. The first-order valence-corrected chi connectivity index (χ1v) is 4.67. The average molecular weight is 218 g/mol. The van der Waals surface area contributed by atoms with Gasteiger partial charge in [0.1, 0.15) is 5.52 Å². The summed E-state index contributed by atoms with van der Waals surface area (Å²) < 4.78 is 5.06. The first-order chi connectivity index (χ1) is 7.65. The minimum Gasteiger partial charge on any atom is -0.504 e. The van der Waals surface area contributed by atoms with Crippen LogP contribution in [0.2, 0.25) is 0 Å². The molecule has 0 aliphatic carbocycles. The smallest absolute Gasteiger partial charge is 0.223 e. The molecule has 2 heterocycles. The van der Waals surface area contributed by atoms with Crippen LogP contribution in [0.3, 0.4) is 0 Å². The van der Waals surface area contributed by atoms with E-state index >= 15 is 0 Å². The number of pyridine rings is 2. The van der Waals surface area contributed by atoms with E-state index in [1.54, 1.807) is 12.1 Å². The predicted molar refractivity (Wildman–Crippen MR) is 57.8 cm³/mol. The zero-order valence-electron chi connectivity index (χ0n) is 8.89. The summed E-state index contributed by atoms with van der Waals surface area (Å²) in [5.74, 6) is -0.252. The van der Waals surface area contributed by atoms with Gasteiger partial charge in [0.15, 0.2) is 17.2 Å². The van der Waals surface area contributed by atoms with Crippen molar-refractivity contribution in [2.24, 2.45) is 0 Å². The van der Waals surface area contributed by atoms with E-state index < -0.39 is 0 Å². The maximum Gasteiger partial charge on any atom is 0.223 e. The summed E-state index contributed by atoms with van der Waals surface area (Å²) >= 11 is 0. The van der Waals surface area contributed by atoms with Crippen LogP contribution in [0, 0.1) is 0 Å². The molecule has 16 heavy (non-hydrogen) atoms. The molecule has 5 heteroatoms. The Morgan fingerprint density at radius 1 is 1.50 bits per heavy atom. The fourth-order valence-corrected chi connectivity index (χ4v) is 1.49. The standard InChI is InChI=1S/C11H10N2O3/c1-6(14)8-10(15)9-7(4-3-5-12-9)11(13-8)16-2/h3-5,15H,1-2H3. The van der Waals surface area contributed by atoms with Crippen molar-refractivity contribution in [3.8, 4) is 11.6 Å². The van der Waals surface area contributed by atoms with Crippen molar-refractivity contribution in [2.45, 2.75) is 6.92 Å². The Balaban J connectivity index is 2.88. The number of nitrogens with zero attached hydrogens (tertiary/aromatic N) is 2. The highest BCUT2D eigenvalue weighted by atomic mass is 16.5. The molecule has 0 aliphatic heterocycles. The third-order valence-electron chi connectivity index (χ3n) is 2.23. The topological polar surface area (TPSA) is 72.3 Å². The van der Waals surface area contributed by atoms with Crippen LogP contribution in [-0.2, 0) is 0 Å². The maximum absolute atomic E-state index is 11.3. The molecule has 0 aliphatic rings. The van der Waals surface area contributed by atoms with E-state index in [0.29, 0.717) is 10.9 Å². The Morgan fingerprint density at radius 3 is 2.88 bits per heavy atom. The molecule has 2 rings (SSSR count). The van der Waals surface area contributed by atoms with E-state index in [1.807, 2.05) is 0 Å². The molecule has 0 radical (unpaired) electrons. The summed E-state index contributed by atoms with van der Waals surface area (Å²) in [6.07, 6.45) is 1.53. The van der Waals surface area contributed by atoms with Gasteiger partial charge in [-0.3, -0.25) is 9.78 Å². The fraction of sp³-hybridized carbons (Fsp3) is 0.182. The zero-order chi connectivity index (χ0) is 11.7. The van der Waals surface area contributed by atoms with Crippen molar-refractivity contribution in [2.75, 3.05) is 7.11 Å². The number of aromatic nitrogens is 2. The molecule has 0 fully saturated rings. The van der Waals surface area contributed by atoms with Crippen molar-refractivity contribution < 1.29 is 14.6 Å². The molecular weight excluding hydrogens is 208 g/mol. The van der Waals surface area contributed by atoms with Gasteiger partial charge < -0.3 is 9.84 Å². The lowest BCUT2D eigenvalue weighted by Gasteiger charge is -2.08. The highest BCUT2D eigenvalue weighted by Gasteiger charge is 2.17. The van der Waals surface area contributed by atoms with Gasteiger partial charge in [-0.2, -0.15) is 0 Å². The quantitative estimate of drug-likeness (QED) is 0.774. The predicted octanol–water partition coefficient (Wildman–Crippen LogP) is 1.55. The van der Waals surface area contributed by atoms with Gasteiger partial charge in [0.05, 0.1) is 12.5 Å². The van der Waals surface area contributed by atoms with Crippen LogP contribution in [-0.4, -0.2) is 28.0 Å². The van der Waals surface area contributed by atoms with E-state index in [4.69, 9.17) is 4.74 Å². The third-order valence-corrected chi connectivity index (χ3v) is 2.23. The maximum atomic E-state index is 11.3. The highest BCUT2D eigenvalue weighted by molar-refractivity contribution is 6.01. The lowest BCUT2D eigenvalue weighted by Crippen LogP contribution is -2.01. The van der Waals surface area contributed by atoms with Gasteiger partial charge in [0, 0.05) is 13.1 Å². The highest BCUT2D eigenvalue weighted by Crippen LogP contribution is 2.31. The summed E-state index contributed by atoms with van der Waals surface area (Å²) in [5.41, 5.74) is 0.294. The molecule has 2 aromatic heterocycles. The molecule has 0 atom stereocenters. The van der Waals surface area contributed by atoms with Gasteiger partial charge in [0.25, 0.3) is 0 Å². The number of carbonyl (C=O) groups excluding carboxylic acids is 1.